The van der Waals surface area contributed by atoms with E-state index < -0.39 is 12.3 Å². The molecule has 9 heavy (non-hydrogen) atoms. The summed E-state index contributed by atoms with van der Waals surface area (Å²) in [6.07, 6.45) is 0.847. The maximum atomic E-state index is 11.8. The lowest BCUT2D eigenvalue weighted by Crippen LogP contribution is -2.52. The van der Waals surface area contributed by atoms with E-state index in [0.717, 1.165) is 0 Å². The fraction of sp³-hybridized carbons (Fsp3) is 1.00. The number of hydrogen-bond donors (Lipinski definition) is 2. The van der Waals surface area contributed by atoms with Crippen molar-refractivity contribution < 1.29 is 9.50 Å². The predicted molar refractivity (Wildman–Crippen MR) is 32.9 cm³/mol. The molecular formula is C5H9ClFNO. The molecule has 0 heterocycles. The van der Waals surface area contributed by atoms with Crippen molar-refractivity contribution in [3.05, 3.63) is 0 Å². The second-order valence-corrected chi connectivity index (χ2v) is 2.79. The highest BCUT2D eigenvalue weighted by molar-refractivity contribution is 6.13. The van der Waals surface area contributed by atoms with Gasteiger partial charge in [-0.1, -0.05) is 0 Å². The Bertz CT molecular complexity index is 105. The molecule has 1 saturated carbocycles. The lowest BCUT2D eigenvalue weighted by atomic mass is 9.77. The number of hydrogen-bond acceptors (Lipinski definition) is 2. The van der Waals surface area contributed by atoms with Crippen molar-refractivity contribution in [2.24, 2.45) is 0 Å². The third kappa shape index (κ3) is 1.34. The fourth-order valence-electron chi connectivity index (χ4n) is 1.04. The van der Waals surface area contributed by atoms with Gasteiger partial charge in [0, 0.05) is 6.04 Å². The van der Waals surface area contributed by atoms with E-state index in [9.17, 15) is 4.39 Å². The Morgan fingerprint density at radius 1 is 1.78 bits per heavy atom. The predicted octanol–water partition coefficient (Wildman–Crippen LogP) is 0.593. The zero-order valence-corrected chi connectivity index (χ0v) is 5.66. The van der Waals surface area contributed by atoms with Gasteiger partial charge in [0.25, 0.3) is 0 Å². The molecule has 0 saturated heterocycles. The van der Waals surface area contributed by atoms with Gasteiger partial charge in [-0.2, -0.15) is 0 Å². The topological polar surface area (TPSA) is 32.3 Å². The molecule has 0 bridgehead atoms. The number of alkyl halides is 1. The van der Waals surface area contributed by atoms with Gasteiger partial charge in [0.15, 0.2) is 0 Å². The maximum absolute atomic E-state index is 11.8. The second-order valence-electron chi connectivity index (χ2n) is 2.57. The molecule has 1 aliphatic rings. The molecule has 0 radical (unpaired) electrons. The Morgan fingerprint density at radius 3 is 2.67 bits per heavy atom. The summed E-state index contributed by atoms with van der Waals surface area (Å²) in [5.74, 6) is 0. The Labute approximate surface area is 58.1 Å². The van der Waals surface area contributed by atoms with Crippen molar-refractivity contribution in [2.75, 3.05) is 6.67 Å². The molecule has 0 amide bonds. The van der Waals surface area contributed by atoms with Gasteiger partial charge < -0.3 is 5.11 Å². The van der Waals surface area contributed by atoms with E-state index >= 15 is 0 Å². The molecule has 1 fully saturated rings. The lowest BCUT2D eigenvalue weighted by Gasteiger charge is -2.40. The zero-order valence-electron chi connectivity index (χ0n) is 4.90. The van der Waals surface area contributed by atoms with E-state index in [-0.39, 0.29) is 6.04 Å². The zero-order chi connectivity index (χ0) is 6.91. The van der Waals surface area contributed by atoms with Crippen molar-refractivity contribution in [1.29, 1.82) is 0 Å². The van der Waals surface area contributed by atoms with Gasteiger partial charge in [0.2, 0.25) is 0 Å². The van der Waals surface area contributed by atoms with Gasteiger partial charge in [-0.3, -0.25) is 0 Å². The van der Waals surface area contributed by atoms with Crippen LogP contribution in [-0.4, -0.2) is 23.4 Å². The van der Waals surface area contributed by atoms with Gasteiger partial charge >= 0.3 is 0 Å². The highest BCUT2D eigenvalue weighted by atomic mass is 35.5. The highest BCUT2D eigenvalue weighted by Crippen LogP contribution is 2.32. The van der Waals surface area contributed by atoms with E-state index in [1.54, 1.807) is 0 Å². The molecule has 0 aromatic heterocycles. The minimum Gasteiger partial charge on any atom is -0.387 e. The summed E-state index contributed by atoms with van der Waals surface area (Å²) >= 11 is 5.20. The first-order valence-corrected chi connectivity index (χ1v) is 3.22. The van der Waals surface area contributed by atoms with E-state index in [2.05, 4.69) is 4.84 Å². The minimum atomic E-state index is -1.08. The average molecular weight is 154 g/mol. The number of aliphatic hydroxyl groups is 1. The Balaban J connectivity index is 2.24. The summed E-state index contributed by atoms with van der Waals surface area (Å²) in [7, 11) is 0. The Hall–Kier alpha value is 0.140. The number of rotatable bonds is 2. The first-order chi connectivity index (χ1) is 4.20. The molecule has 4 heteroatoms. The van der Waals surface area contributed by atoms with Crippen LogP contribution in [0.25, 0.3) is 0 Å². The van der Waals surface area contributed by atoms with Crippen molar-refractivity contribution in [1.82, 2.24) is 4.84 Å². The number of nitrogens with one attached hydrogen (secondary N) is 1. The van der Waals surface area contributed by atoms with Crippen LogP contribution in [0, 0.1) is 0 Å². The van der Waals surface area contributed by atoms with Crippen LogP contribution >= 0.6 is 11.8 Å². The highest BCUT2D eigenvalue weighted by Gasteiger charge is 2.42. The molecule has 2 N–H and O–H groups in total. The normalized spacial score (nSPS) is 42.3. The molecule has 0 atom stereocenters. The van der Waals surface area contributed by atoms with Gasteiger partial charge in [-0.25, -0.2) is 9.23 Å². The van der Waals surface area contributed by atoms with Crippen LogP contribution in [0.2, 0.25) is 0 Å². The molecule has 1 aliphatic carbocycles. The van der Waals surface area contributed by atoms with Crippen molar-refractivity contribution in [2.45, 2.75) is 24.5 Å². The van der Waals surface area contributed by atoms with Crippen molar-refractivity contribution in [3.63, 3.8) is 0 Å². The van der Waals surface area contributed by atoms with Crippen molar-refractivity contribution >= 4 is 11.8 Å². The molecule has 1 rings (SSSR count). The summed E-state index contributed by atoms with van der Waals surface area (Å²) in [6, 6.07) is 0.0902. The standard InChI is InChI=1S/C5H9ClFNO/c6-8-4-1-5(9,2-4)3-7/h4,8-9H,1-3H2. The van der Waals surface area contributed by atoms with Gasteiger partial charge in [-0.15, -0.1) is 0 Å². The molecule has 0 unspecified atom stereocenters. The van der Waals surface area contributed by atoms with E-state index in [0.29, 0.717) is 12.8 Å². The van der Waals surface area contributed by atoms with E-state index in [4.69, 9.17) is 16.9 Å². The Kier molecular flexibility index (Phi) is 1.94. The van der Waals surface area contributed by atoms with Gasteiger partial charge in [-0.05, 0) is 24.6 Å². The SMILES string of the molecule is OC1(CF)CC(NCl)C1. The third-order valence-electron chi connectivity index (χ3n) is 1.66. The van der Waals surface area contributed by atoms with Crippen LogP contribution in [0.3, 0.4) is 0 Å². The lowest BCUT2D eigenvalue weighted by molar-refractivity contribution is -0.0669. The molecule has 0 aromatic carbocycles. The van der Waals surface area contributed by atoms with Crippen LogP contribution in [0.4, 0.5) is 4.39 Å². The summed E-state index contributed by atoms with van der Waals surface area (Å²) in [5.41, 5.74) is -1.08. The smallest absolute Gasteiger partial charge is 0.118 e. The van der Waals surface area contributed by atoms with E-state index in [1.807, 2.05) is 0 Å². The quantitative estimate of drug-likeness (QED) is 0.570. The first-order valence-electron chi connectivity index (χ1n) is 2.85. The molecule has 54 valence electrons. The second kappa shape index (κ2) is 2.40. The van der Waals surface area contributed by atoms with Crippen LogP contribution in [0.15, 0.2) is 0 Å². The molecule has 0 spiro atoms. The van der Waals surface area contributed by atoms with E-state index in [1.165, 1.54) is 0 Å². The summed E-state index contributed by atoms with van der Waals surface area (Å²) in [6.45, 7) is -0.665. The molecule has 0 aliphatic heterocycles. The molecular weight excluding hydrogens is 145 g/mol. The van der Waals surface area contributed by atoms with Crippen LogP contribution in [0.5, 0.6) is 0 Å². The summed E-state index contributed by atoms with van der Waals surface area (Å²) < 4.78 is 11.8. The fourth-order valence-corrected chi connectivity index (χ4v) is 1.20. The molecule has 0 aromatic rings. The average Bonchev–Trinajstić information content (AvgIpc) is 1.81. The minimum absolute atomic E-state index is 0.0902. The van der Waals surface area contributed by atoms with Crippen molar-refractivity contribution in [3.8, 4) is 0 Å². The first kappa shape index (κ1) is 7.25. The number of halogens is 2. The summed E-state index contributed by atoms with van der Waals surface area (Å²) in [4.78, 5) is 2.44. The third-order valence-corrected chi connectivity index (χ3v) is 1.96. The largest absolute Gasteiger partial charge is 0.387 e. The van der Waals surface area contributed by atoms with Crippen LogP contribution < -0.4 is 4.84 Å². The Morgan fingerprint density at radius 2 is 2.33 bits per heavy atom. The maximum Gasteiger partial charge on any atom is 0.118 e. The van der Waals surface area contributed by atoms with Gasteiger partial charge in [0.05, 0.1) is 5.60 Å². The van der Waals surface area contributed by atoms with Crippen LogP contribution in [-0.2, 0) is 0 Å². The molecule has 2 nitrogen and oxygen atoms in total. The van der Waals surface area contributed by atoms with Crippen LogP contribution in [0.1, 0.15) is 12.8 Å². The summed E-state index contributed by atoms with van der Waals surface area (Å²) in [5, 5.41) is 9.05. The van der Waals surface area contributed by atoms with Gasteiger partial charge in [0.1, 0.15) is 6.67 Å². The monoisotopic (exact) mass is 153 g/mol.